The number of aromatic nitrogens is 2. The maximum atomic E-state index is 11.5. The molecule has 0 radical (unpaired) electrons. The normalized spacial score (nSPS) is 10.3. The van der Waals surface area contributed by atoms with Crippen molar-refractivity contribution in [1.29, 1.82) is 0 Å². The number of esters is 1. The zero-order chi connectivity index (χ0) is 13.5. The Morgan fingerprint density at radius 2 is 2.11 bits per heavy atom. The predicted octanol–water partition coefficient (Wildman–Crippen LogP) is 1.64. The monoisotopic (exact) mass is 259 g/mol. The van der Waals surface area contributed by atoms with E-state index in [-0.39, 0.29) is 5.97 Å². The summed E-state index contributed by atoms with van der Waals surface area (Å²) in [6, 6.07) is 9.35. The highest BCUT2D eigenvalue weighted by Gasteiger charge is 2.03. The fourth-order valence-electron chi connectivity index (χ4n) is 1.69. The van der Waals surface area contributed by atoms with Gasteiger partial charge in [-0.3, -0.25) is 9.48 Å². The molecule has 2 rings (SSSR count). The molecule has 0 unspecified atom stereocenters. The number of nitrogen functional groups attached to an aromatic ring is 1. The molecule has 1 heterocycles. The van der Waals surface area contributed by atoms with Crippen LogP contribution in [0.1, 0.15) is 12.0 Å². The number of ether oxygens (including phenoxy) is 1. The average Bonchev–Trinajstić information content (AvgIpc) is 2.91. The summed E-state index contributed by atoms with van der Waals surface area (Å²) in [5, 5.41) is 4.03. The van der Waals surface area contributed by atoms with Crippen LogP contribution >= 0.6 is 0 Å². The van der Waals surface area contributed by atoms with Crippen LogP contribution in [0, 0.1) is 0 Å². The third-order valence-electron chi connectivity index (χ3n) is 2.74. The number of benzene rings is 1. The van der Waals surface area contributed by atoms with Gasteiger partial charge in [0.15, 0.2) is 0 Å². The van der Waals surface area contributed by atoms with Gasteiger partial charge in [0.2, 0.25) is 0 Å². The van der Waals surface area contributed by atoms with E-state index in [1.807, 2.05) is 36.5 Å². The molecule has 2 N–H and O–H groups in total. The average molecular weight is 259 g/mol. The fraction of sp³-hybridized carbons (Fsp3) is 0.286. The zero-order valence-corrected chi connectivity index (χ0v) is 10.7. The third kappa shape index (κ3) is 4.46. The van der Waals surface area contributed by atoms with Gasteiger partial charge in [-0.2, -0.15) is 5.10 Å². The lowest BCUT2D eigenvalue weighted by Crippen LogP contribution is -2.12. The van der Waals surface area contributed by atoms with Crippen molar-refractivity contribution in [3.8, 4) is 0 Å². The third-order valence-corrected chi connectivity index (χ3v) is 2.74. The van der Waals surface area contributed by atoms with E-state index in [9.17, 15) is 4.79 Å². The first-order chi connectivity index (χ1) is 9.24. The second-order valence-corrected chi connectivity index (χ2v) is 4.23. The molecule has 0 aliphatic carbocycles. The second-order valence-electron chi connectivity index (χ2n) is 4.23. The number of hydrogen-bond acceptors (Lipinski definition) is 4. The minimum Gasteiger partial charge on any atom is -0.464 e. The zero-order valence-electron chi connectivity index (χ0n) is 10.7. The molecule has 0 atom stereocenters. The van der Waals surface area contributed by atoms with Crippen molar-refractivity contribution in [3.63, 3.8) is 0 Å². The number of nitrogens with zero attached hydrogens (tertiary/aromatic N) is 2. The smallest absolute Gasteiger partial charge is 0.306 e. The maximum absolute atomic E-state index is 11.5. The minimum atomic E-state index is -0.191. The first-order valence-corrected chi connectivity index (χ1v) is 6.21. The molecule has 0 saturated carbocycles. The molecule has 100 valence electrons. The van der Waals surface area contributed by atoms with Crippen molar-refractivity contribution < 1.29 is 9.53 Å². The van der Waals surface area contributed by atoms with Crippen LogP contribution in [0.5, 0.6) is 0 Å². The number of carbonyl (C=O) groups is 1. The van der Waals surface area contributed by atoms with Crippen LogP contribution in [0.2, 0.25) is 0 Å². The Bertz CT molecular complexity index is 506. The Morgan fingerprint density at radius 3 is 2.79 bits per heavy atom. The number of aryl methyl sites for hydroxylation is 1. The van der Waals surface area contributed by atoms with Crippen LogP contribution in [0.3, 0.4) is 0 Å². The molecule has 19 heavy (non-hydrogen) atoms. The second kappa shape index (κ2) is 6.58. The van der Waals surface area contributed by atoms with Gasteiger partial charge in [0.05, 0.1) is 6.54 Å². The lowest BCUT2D eigenvalue weighted by atomic mass is 10.1. The van der Waals surface area contributed by atoms with Crippen molar-refractivity contribution in [2.75, 3.05) is 12.3 Å². The molecule has 1 aromatic heterocycles. The van der Waals surface area contributed by atoms with Crippen molar-refractivity contribution in [2.24, 2.45) is 0 Å². The largest absolute Gasteiger partial charge is 0.464 e. The predicted molar refractivity (Wildman–Crippen MR) is 72.4 cm³/mol. The van der Waals surface area contributed by atoms with Crippen molar-refractivity contribution in [3.05, 3.63) is 48.3 Å². The quantitative estimate of drug-likeness (QED) is 0.632. The van der Waals surface area contributed by atoms with Crippen LogP contribution in [-0.2, 0) is 22.5 Å². The maximum Gasteiger partial charge on any atom is 0.306 e. The summed E-state index contributed by atoms with van der Waals surface area (Å²) in [4.78, 5) is 11.5. The standard InChI is InChI=1S/C14H17N3O2/c15-13-5-2-12(3-6-13)4-7-14(18)19-11-10-17-9-1-8-16-17/h1-3,5-6,8-9H,4,7,10-11,15H2. The molecular formula is C14H17N3O2. The summed E-state index contributed by atoms with van der Waals surface area (Å²) >= 11 is 0. The van der Waals surface area contributed by atoms with Crippen LogP contribution in [-0.4, -0.2) is 22.4 Å². The van der Waals surface area contributed by atoms with Crippen molar-refractivity contribution >= 4 is 11.7 Å². The van der Waals surface area contributed by atoms with Crippen LogP contribution in [0.25, 0.3) is 0 Å². The molecule has 0 saturated heterocycles. The number of nitrogens with two attached hydrogens (primary N) is 1. The highest BCUT2D eigenvalue weighted by atomic mass is 16.5. The summed E-state index contributed by atoms with van der Waals surface area (Å²) < 4.78 is 6.87. The van der Waals surface area contributed by atoms with Gasteiger partial charge in [-0.25, -0.2) is 0 Å². The van der Waals surface area contributed by atoms with Gasteiger partial charge in [0.1, 0.15) is 6.61 Å². The Balaban J connectivity index is 1.65. The number of anilines is 1. The first-order valence-electron chi connectivity index (χ1n) is 6.21. The Morgan fingerprint density at radius 1 is 1.32 bits per heavy atom. The summed E-state index contributed by atoms with van der Waals surface area (Å²) in [7, 11) is 0. The summed E-state index contributed by atoms with van der Waals surface area (Å²) in [6.45, 7) is 0.933. The van der Waals surface area contributed by atoms with E-state index in [0.29, 0.717) is 26.0 Å². The Labute approximate surface area is 112 Å². The molecule has 0 aliphatic rings. The topological polar surface area (TPSA) is 70.1 Å². The van der Waals surface area contributed by atoms with E-state index in [4.69, 9.17) is 10.5 Å². The molecule has 5 nitrogen and oxygen atoms in total. The Hall–Kier alpha value is -2.30. The molecule has 0 bridgehead atoms. The molecule has 0 spiro atoms. The number of hydrogen-bond donors (Lipinski definition) is 1. The van der Waals surface area contributed by atoms with E-state index in [1.165, 1.54) is 0 Å². The van der Waals surface area contributed by atoms with Crippen LogP contribution in [0.15, 0.2) is 42.7 Å². The van der Waals surface area contributed by atoms with Gasteiger partial charge in [-0.05, 0) is 30.2 Å². The van der Waals surface area contributed by atoms with E-state index in [0.717, 1.165) is 11.3 Å². The van der Waals surface area contributed by atoms with Gasteiger partial charge >= 0.3 is 5.97 Å². The summed E-state index contributed by atoms with van der Waals surface area (Å²) in [5.74, 6) is -0.191. The summed E-state index contributed by atoms with van der Waals surface area (Å²) in [6.07, 6.45) is 4.58. The minimum absolute atomic E-state index is 0.191. The lowest BCUT2D eigenvalue weighted by molar-refractivity contribution is -0.143. The highest BCUT2D eigenvalue weighted by molar-refractivity contribution is 5.69. The fourth-order valence-corrected chi connectivity index (χ4v) is 1.69. The Kier molecular flexibility index (Phi) is 4.55. The van der Waals surface area contributed by atoms with Gasteiger partial charge < -0.3 is 10.5 Å². The SMILES string of the molecule is Nc1ccc(CCC(=O)OCCn2cccn2)cc1. The van der Waals surface area contributed by atoms with Crippen molar-refractivity contribution in [1.82, 2.24) is 9.78 Å². The molecule has 5 heteroatoms. The number of rotatable bonds is 6. The molecule has 0 amide bonds. The van der Waals surface area contributed by atoms with Gasteiger partial charge in [-0.15, -0.1) is 0 Å². The molecule has 0 aliphatic heterocycles. The highest BCUT2D eigenvalue weighted by Crippen LogP contribution is 2.08. The number of carbonyl (C=O) groups excluding carboxylic acids is 1. The van der Waals surface area contributed by atoms with Crippen LogP contribution < -0.4 is 5.73 Å². The van der Waals surface area contributed by atoms with Crippen LogP contribution in [0.4, 0.5) is 5.69 Å². The summed E-state index contributed by atoms with van der Waals surface area (Å²) in [5.41, 5.74) is 7.40. The van der Waals surface area contributed by atoms with Crippen molar-refractivity contribution in [2.45, 2.75) is 19.4 Å². The van der Waals surface area contributed by atoms with Gasteiger partial charge in [0.25, 0.3) is 0 Å². The molecule has 1 aromatic carbocycles. The first kappa shape index (κ1) is 13.1. The lowest BCUT2D eigenvalue weighted by Gasteiger charge is -2.05. The van der Waals surface area contributed by atoms with Gasteiger partial charge in [-0.1, -0.05) is 12.1 Å². The van der Waals surface area contributed by atoms with E-state index < -0.39 is 0 Å². The van der Waals surface area contributed by atoms with E-state index >= 15 is 0 Å². The van der Waals surface area contributed by atoms with Gasteiger partial charge in [0, 0.05) is 24.5 Å². The molecule has 2 aromatic rings. The van der Waals surface area contributed by atoms with E-state index in [2.05, 4.69) is 5.10 Å². The molecule has 0 fully saturated rings. The molecular weight excluding hydrogens is 242 g/mol. The van der Waals surface area contributed by atoms with E-state index in [1.54, 1.807) is 10.9 Å².